The van der Waals surface area contributed by atoms with Crippen molar-refractivity contribution in [2.75, 3.05) is 13.1 Å². The Morgan fingerprint density at radius 3 is 2.68 bits per heavy atom. The van der Waals surface area contributed by atoms with Crippen LogP contribution in [0.4, 0.5) is 0 Å². The first kappa shape index (κ1) is 17.5. The van der Waals surface area contributed by atoms with Gasteiger partial charge in [0.25, 0.3) is 5.56 Å². The van der Waals surface area contributed by atoms with Gasteiger partial charge in [-0.05, 0) is 11.5 Å². The number of benzene rings is 1. The molecule has 1 saturated heterocycles. The van der Waals surface area contributed by atoms with Gasteiger partial charge < -0.3 is 14.2 Å². The molecule has 0 radical (unpaired) electrons. The van der Waals surface area contributed by atoms with Gasteiger partial charge in [0.15, 0.2) is 0 Å². The summed E-state index contributed by atoms with van der Waals surface area (Å²) in [6.45, 7) is 5.35. The maximum Gasteiger partial charge on any atom is 0.280 e. The first-order valence-corrected chi connectivity index (χ1v) is 8.68. The van der Waals surface area contributed by atoms with Crippen molar-refractivity contribution in [2.45, 2.75) is 38.9 Å². The third kappa shape index (κ3) is 4.39. The fourth-order valence-electron chi connectivity index (χ4n) is 3.04. The van der Waals surface area contributed by atoms with Crippen LogP contribution in [0, 0.1) is 5.92 Å². The molecule has 1 aliphatic heterocycles. The van der Waals surface area contributed by atoms with Gasteiger partial charge in [0.1, 0.15) is 11.9 Å². The Morgan fingerprint density at radius 2 is 2.04 bits per heavy atom. The molecule has 134 valence electrons. The molecule has 3 rings (SSSR count). The van der Waals surface area contributed by atoms with Crippen LogP contribution in [-0.2, 0) is 16.0 Å². The summed E-state index contributed by atoms with van der Waals surface area (Å²) in [7, 11) is 0. The van der Waals surface area contributed by atoms with E-state index in [1.807, 2.05) is 35.2 Å². The minimum atomic E-state index is -0.280. The van der Waals surface area contributed by atoms with Crippen LogP contribution in [0.1, 0.15) is 37.7 Å². The zero-order valence-corrected chi connectivity index (χ0v) is 14.6. The highest BCUT2D eigenvalue weighted by Gasteiger charge is 2.32. The lowest BCUT2D eigenvalue weighted by atomic mass is 10.0. The van der Waals surface area contributed by atoms with Gasteiger partial charge in [-0.15, -0.1) is 0 Å². The van der Waals surface area contributed by atoms with Gasteiger partial charge in [-0.1, -0.05) is 44.2 Å². The SMILES string of the molecule is CC(C)[C@H]1CN(C(=O)CCc2cc(=O)[nH]o2)C[C@@H](c2ccccc2)O1. The quantitative estimate of drug-likeness (QED) is 0.904. The molecule has 2 atom stereocenters. The Morgan fingerprint density at radius 1 is 1.28 bits per heavy atom. The summed E-state index contributed by atoms with van der Waals surface area (Å²) in [5.74, 6) is 0.884. The Hall–Kier alpha value is -2.34. The molecule has 1 aromatic carbocycles. The smallest absolute Gasteiger partial charge is 0.280 e. The lowest BCUT2D eigenvalue weighted by Crippen LogP contribution is -2.48. The lowest BCUT2D eigenvalue weighted by Gasteiger charge is -2.40. The molecule has 1 amide bonds. The molecule has 0 aliphatic carbocycles. The van der Waals surface area contributed by atoms with E-state index in [0.717, 1.165) is 5.56 Å². The second-order valence-electron chi connectivity index (χ2n) is 6.80. The van der Waals surface area contributed by atoms with E-state index >= 15 is 0 Å². The van der Waals surface area contributed by atoms with Crippen molar-refractivity contribution in [3.05, 3.63) is 58.1 Å². The van der Waals surface area contributed by atoms with Crippen molar-refractivity contribution in [3.8, 4) is 0 Å². The van der Waals surface area contributed by atoms with Crippen molar-refractivity contribution in [3.63, 3.8) is 0 Å². The molecule has 0 unspecified atom stereocenters. The predicted octanol–water partition coefficient (Wildman–Crippen LogP) is 2.53. The van der Waals surface area contributed by atoms with Gasteiger partial charge in [-0.3, -0.25) is 9.59 Å². The van der Waals surface area contributed by atoms with E-state index in [2.05, 4.69) is 19.0 Å². The fourth-order valence-corrected chi connectivity index (χ4v) is 3.04. The third-order valence-corrected chi connectivity index (χ3v) is 4.55. The van der Waals surface area contributed by atoms with E-state index < -0.39 is 0 Å². The van der Waals surface area contributed by atoms with E-state index in [1.165, 1.54) is 6.07 Å². The van der Waals surface area contributed by atoms with E-state index in [4.69, 9.17) is 9.26 Å². The van der Waals surface area contributed by atoms with Gasteiger partial charge >= 0.3 is 0 Å². The number of hydrogen-bond acceptors (Lipinski definition) is 4. The maximum absolute atomic E-state index is 12.7. The van der Waals surface area contributed by atoms with Crippen molar-refractivity contribution in [1.82, 2.24) is 10.1 Å². The second-order valence-corrected chi connectivity index (χ2v) is 6.80. The number of nitrogens with zero attached hydrogens (tertiary/aromatic N) is 1. The van der Waals surface area contributed by atoms with Crippen LogP contribution in [0.5, 0.6) is 0 Å². The molecule has 2 heterocycles. The number of aryl methyl sites for hydroxylation is 1. The first-order chi connectivity index (χ1) is 12.0. The summed E-state index contributed by atoms with van der Waals surface area (Å²) in [5.41, 5.74) is 0.806. The summed E-state index contributed by atoms with van der Waals surface area (Å²) in [6, 6.07) is 11.4. The molecule has 0 spiro atoms. The average molecular weight is 344 g/mol. The Balaban J connectivity index is 1.68. The molecule has 0 saturated carbocycles. The largest absolute Gasteiger partial charge is 0.384 e. The molecule has 1 fully saturated rings. The van der Waals surface area contributed by atoms with Crippen molar-refractivity contribution < 1.29 is 14.1 Å². The number of aromatic nitrogens is 1. The highest BCUT2D eigenvalue weighted by Crippen LogP contribution is 2.28. The zero-order chi connectivity index (χ0) is 17.8. The first-order valence-electron chi connectivity index (χ1n) is 8.68. The normalized spacial score (nSPS) is 20.8. The summed E-state index contributed by atoms with van der Waals surface area (Å²) < 4.78 is 11.2. The predicted molar refractivity (Wildman–Crippen MR) is 93.1 cm³/mol. The van der Waals surface area contributed by atoms with Crippen LogP contribution < -0.4 is 5.56 Å². The standard InChI is InChI=1S/C19H24N2O4/c1-13(2)16-11-21(12-17(24-16)14-6-4-3-5-7-14)19(23)9-8-15-10-18(22)20-25-15/h3-7,10,13,16-17H,8-9,11-12H2,1-2H3,(H,20,22)/t16-,17+/m1/s1. The molecule has 1 aromatic heterocycles. The van der Waals surface area contributed by atoms with E-state index in [1.54, 1.807) is 0 Å². The summed E-state index contributed by atoms with van der Waals surface area (Å²) in [5, 5.41) is 2.25. The number of hydrogen-bond donors (Lipinski definition) is 1. The number of nitrogens with one attached hydrogen (secondary N) is 1. The van der Waals surface area contributed by atoms with Crippen LogP contribution >= 0.6 is 0 Å². The monoisotopic (exact) mass is 344 g/mol. The summed E-state index contributed by atoms with van der Waals surface area (Å²) in [6.07, 6.45) is 0.620. The molecule has 6 nitrogen and oxygen atoms in total. The van der Waals surface area contributed by atoms with E-state index in [-0.39, 0.29) is 23.7 Å². The third-order valence-electron chi connectivity index (χ3n) is 4.55. The van der Waals surface area contributed by atoms with Crippen molar-refractivity contribution in [2.24, 2.45) is 5.92 Å². The number of ether oxygens (including phenoxy) is 1. The van der Waals surface area contributed by atoms with E-state index in [0.29, 0.717) is 37.6 Å². The fraction of sp³-hybridized carbons (Fsp3) is 0.474. The topological polar surface area (TPSA) is 75.5 Å². The summed E-state index contributed by atoms with van der Waals surface area (Å²) in [4.78, 5) is 25.6. The molecule has 1 N–H and O–H groups in total. The minimum absolute atomic E-state index is 0.00750. The molecule has 2 aromatic rings. The van der Waals surface area contributed by atoms with Crippen LogP contribution in [-0.4, -0.2) is 35.2 Å². The van der Waals surface area contributed by atoms with Crippen LogP contribution in [0.3, 0.4) is 0 Å². The molecular formula is C19H24N2O4. The Bertz CT molecular complexity index is 750. The highest BCUT2D eigenvalue weighted by molar-refractivity contribution is 5.76. The summed E-state index contributed by atoms with van der Waals surface area (Å²) >= 11 is 0. The van der Waals surface area contributed by atoms with Gasteiger partial charge in [-0.25, -0.2) is 0 Å². The number of carbonyl (C=O) groups excluding carboxylic acids is 1. The minimum Gasteiger partial charge on any atom is -0.384 e. The number of morpholine rings is 1. The van der Waals surface area contributed by atoms with Crippen molar-refractivity contribution >= 4 is 5.91 Å². The second kappa shape index (κ2) is 7.70. The number of H-pyrrole nitrogens is 1. The van der Waals surface area contributed by atoms with Gasteiger partial charge in [0.2, 0.25) is 5.91 Å². The molecular weight excluding hydrogens is 320 g/mol. The van der Waals surface area contributed by atoms with Gasteiger partial charge in [-0.2, -0.15) is 5.16 Å². The zero-order valence-electron chi connectivity index (χ0n) is 14.6. The Labute approximate surface area is 146 Å². The molecule has 25 heavy (non-hydrogen) atoms. The van der Waals surface area contributed by atoms with Crippen LogP contribution in [0.15, 0.2) is 45.7 Å². The molecule has 1 aliphatic rings. The van der Waals surface area contributed by atoms with E-state index in [9.17, 15) is 9.59 Å². The van der Waals surface area contributed by atoms with Crippen LogP contribution in [0.2, 0.25) is 0 Å². The molecule has 0 bridgehead atoms. The highest BCUT2D eigenvalue weighted by atomic mass is 16.5. The number of aromatic amines is 1. The lowest BCUT2D eigenvalue weighted by molar-refractivity contribution is -0.150. The van der Waals surface area contributed by atoms with Crippen molar-refractivity contribution in [1.29, 1.82) is 0 Å². The number of amides is 1. The van der Waals surface area contributed by atoms with Crippen LogP contribution in [0.25, 0.3) is 0 Å². The average Bonchev–Trinajstić information content (AvgIpc) is 3.05. The number of carbonyl (C=O) groups is 1. The Kier molecular flexibility index (Phi) is 5.38. The molecule has 6 heteroatoms. The van der Waals surface area contributed by atoms with Gasteiger partial charge in [0, 0.05) is 25.5 Å². The number of rotatable bonds is 5. The van der Waals surface area contributed by atoms with Gasteiger partial charge in [0.05, 0.1) is 12.6 Å². The maximum atomic E-state index is 12.7.